The van der Waals surface area contributed by atoms with Crippen LogP contribution in [0.25, 0.3) is 11.0 Å². The molecule has 0 atom stereocenters. The fourth-order valence-corrected chi connectivity index (χ4v) is 4.74. The second kappa shape index (κ2) is 7.02. The summed E-state index contributed by atoms with van der Waals surface area (Å²) in [5.41, 5.74) is 1.69. The highest BCUT2D eigenvalue weighted by Gasteiger charge is 2.33. The summed E-state index contributed by atoms with van der Waals surface area (Å²) < 4.78 is 33.6. The minimum absolute atomic E-state index is 0.0190. The molecule has 8 heteroatoms. The van der Waals surface area contributed by atoms with E-state index in [4.69, 9.17) is 9.62 Å². The predicted octanol–water partition coefficient (Wildman–Crippen LogP) is 2.65. The van der Waals surface area contributed by atoms with E-state index < -0.39 is 21.5 Å². The third-order valence-corrected chi connectivity index (χ3v) is 6.45. The number of nitrogens with one attached hydrogen (secondary N) is 2. The molecule has 0 aliphatic heterocycles. The lowest BCUT2D eigenvalue weighted by Gasteiger charge is -2.23. The van der Waals surface area contributed by atoms with Crippen LogP contribution in [0.15, 0.2) is 27.5 Å². The number of fused-ring (bicyclic) bond motifs is 3. The van der Waals surface area contributed by atoms with Gasteiger partial charge in [0.1, 0.15) is 16.9 Å². The monoisotopic (exact) mass is 380 g/mol. The molecule has 3 rings (SSSR count). The molecule has 7 nitrogen and oxygen atoms in total. The molecule has 0 saturated heterocycles. The highest BCUT2D eigenvalue weighted by atomic mass is 32.2. The first-order valence-electron chi connectivity index (χ1n) is 8.77. The van der Waals surface area contributed by atoms with Gasteiger partial charge in [-0.15, -0.1) is 0 Å². The zero-order chi connectivity index (χ0) is 18.9. The summed E-state index contributed by atoms with van der Waals surface area (Å²) in [6.45, 7) is 2.74. The normalized spacial score (nSPS) is 16.0. The van der Waals surface area contributed by atoms with Crippen molar-refractivity contribution < 1.29 is 22.8 Å². The third kappa shape index (κ3) is 3.62. The molecule has 142 valence electrons. The molecule has 3 N–H and O–H groups in total. The summed E-state index contributed by atoms with van der Waals surface area (Å²) in [5.74, 6) is 0.102. The van der Waals surface area contributed by atoms with Gasteiger partial charge < -0.3 is 4.42 Å². The van der Waals surface area contributed by atoms with Crippen molar-refractivity contribution in [2.75, 3.05) is 0 Å². The number of amides is 1. The molecule has 0 saturated carbocycles. The Morgan fingerprint density at radius 3 is 2.54 bits per heavy atom. The van der Waals surface area contributed by atoms with Crippen molar-refractivity contribution >= 4 is 26.9 Å². The van der Waals surface area contributed by atoms with Gasteiger partial charge in [-0.05, 0) is 45.2 Å². The quantitative estimate of drug-likeness (QED) is 0.558. The average molecular weight is 380 g/mol. The van der Waals surface area contributed by atoms with Gasteiger partial charge in [0.05, 0.1) is 4.90 Å². The van der Waals surface area contributed by atoms with E-state index >= 15 is 0 Å². The van der Waals surface area contributed by atoms with Gasteiger partial charge in [0, 0.05) is 23.4 Å². The number of furan rings is 1. The zero-order valence-corrected chi connectivity index (χ0v) is 15.8. The first-order valence-corrected chi connectivity index (χ1v) is 10.3. The standard InChI is InChI=1S/C18H24N2O5S/c1-18(2,17(21)19-22)20-26(23,24)12-9-10-14-13-7-5-3-4-6-8-15(13)25-16(14)11-12/h9-11,20,22H,3-8H2,1-2H3,(H,19,21). The fraction of sp³-hybridized carbons (Fsp3) is 0.500. The number of carbonyl (C=O) groups excluding carboxylic acids is 1. The van der Waals surface area contributed by atoms with Crippen LogP contribution in [0.4, 0.5) is 0 Å². The molecule has 0 spiro atoms. The molecule has 0 fully saturated rings. The summed E-state index contributed by atoms with van der Waals surface area (Å²) >= 11 is 0. The van der Waals surface area contributed by atoms with E-state index in [9.17, 15) is 13.2 Å². The maximum atomic E-state index is 12.7. The molecule has 1 aliphatic carbocycles. The lowest BCUT2D eigenvalue weighted by molar-refractivity contribution is -0.134. The molecule has 1 aromatic carbocycles. The highest BCUT2D eigenvalue weighted by molar-refractivity contribution is 7.89. The van der Waals surface area contributed by atoms with Gasteiger partial charge in [0.2, 0.25) is 10.0 Å². The largest absolute Gasteiger partial charge is 0.461 e. The number of benzene rings is 1. The molecule has 1 heterocycles. The number of hydroxylamine groups is 1. The Morgan fingerprint density at radius 1 is 1.15 bits per heavy atom. The maximum Gasteiger partial charge on any atom is 0.264 e. The molecule has 1 aliphatic rings. The SMILES string of the molecule is CC(C)(NS(=O)(=O)c1ccc2c3c(oc2c1)CCCCCC3)C(=O)NO. The van der Waals surface area contributed by atoms with Crippen molar-refractivity contribution in [1.82, 2.24) is 10.2 Å². The van der Waals surface area contributed by atoms with Crippen LogP contribution in [0, 0.1) is 0 Å². The maximum absolute atomic E-state index is 12.7. The number of aryl methyl sites for hydroxylation is 2. The van der Waals surface area contributed by atoms with Crippen LogP contribution in [0.5, 0.6) is 0 Å². The number of rotatable bonds is 4. The summed E-state index contributed by atoms with van der Waals surface area (Å²) in [5, 5.41) is 9.72. The van der Waals surface area contributed by atoms with Crippen LogP contribution < -0.4 is 10.2 Å². The van der Waals surface area contributed by atoms with Crippen LogP contribution in [-0.2, 0) is 27.7 Å². The topological polar surface area (TPSA) is 109 Å². The predicted molar refractivity (Wildman–Crippen MR) is 96.4 cm³/mol. The lowest BCUT2D eigenvalue weighted by atomic mass is 9.97. The van der Waals surface area contributed by atoms with Crippen molar-refractivity contribution in [3.05, 3.63) is 29.5 Å². The number of carbonyl (C=O) groups is 1. The fourth-order valence-electron chi connectivity index (χ4n) is 3.35. The van der Waals surface area contributed by atoms with Gasteiger partial charge in [-0.1, -0.05) is 12.8 Å². The Bertz CT molecular complexity index is 930. The van der Waals surface area contributed by atoms with E-state index in [1.54, 1.807) is 6.07 Å². The van der Waals surface area contributed by atoms with E-state index in [1.165, 1.54) is 49.9 Å². The second-order valence-corrected chi connectivity index (χ2v) is 8.93. The molecule has 26 heavy (non-hydrogen) atoms. The van der Waals surface area contributed by atoms with Crippen LogP contribution in [-0.4, -0.2) is 25.1 Å². The Morgan fingerprint density at radius 2 is 1.85 bits per heavy atom. The number of sulfonamides is 1. The average Bonchev–Trinajstić information content (AvgIpc) is 2.88. The number of hydrogen-bond acceptors (Lipinski definition) is 5. The minimum atomic E-state index is -3.96. The summed E-state index contributed by atoms with van der Waals surface area (Å²) in [4.78, 5) is 11.7. The van der Waals surface area contributed by atoms with E-state index in [-0.39, 0.29) is 4.90 Å². The van der Waals surface area contributed by atoms with E-state index in [1.807, 2.05) is 0 Å². The molecule has 0 bridgehead atoms. The first kappa shape index (κ1) is 18.9. The van der Waals surface area contributed by atoms with Gasteiger partial charge >= 0.3 is 0 Å². The van der Waals surface area contributed by atoms with E-state index in [2.05, 4.69) is 4.72 Å². The number of hydrogen-bond donors (Lipinski definition) is 3. The van der Waals surface area contributed by atoms with Gasteiger partial charge in [-0.3, -0.25) is 10.0 Å². The molecule has 1 aromatic heterocycles. The highest BCUT2D eigenvalue weighted by Crippen LogP contribution is 2.32. The summed E-state index contributed by atoms with van der Waals surface area (Å²) in [7, 11) is -3.96. The minimum Gasteiger partial charge on any atom is -0.461 e. The molecule has 0 radical (unpaired) electrons. The Hall–Kier alpha value is -1.90. The first-order chi connectivity index (χ1) is 12.2. The van der Waals surface area contributed by atoms with Crippen LogP contribution >= 0.6 is 0 Å². The molecule has 1 amide bonds. The lowest BCUT2D eigenvalue weighted by Crippen LogP contribution is -2.53. The van der Waals surface area contributed by atoms with Crippen molar-refractivity contribution in [1.29, 1.82) is 0 Å². The third-order valence-electron chi connectivity index (χ3n) is 4.80. The molecule has 2 aromatic rings. The van der Waals surface area contributed by atoms with Gasteiger partial charge in [-0.2, -0.15) is 4.72 Å². The van der Waals surface area contributed by atoms with Crippen molar-refractivity contribution in [2.45, 2.75) is 62.8 Å². The van der Waals surface area contributed by atoms with Crippen molar-refractivity contribution in [3.8, 4) is 0 Å². The van der Waals surface area contributed by atoms with Crippen LogP contribution in [0.1, 0.15) is 50.9 Å². The Balaban J connectivity index is 1.97. The van der Waals surface area contributed by atoms with Gasteiger partial charge in [0.15, 0.2) is 0 Å². The summed E-state index contributed by atoms with van der Waals surface area (Å²) in [6, 6.07) is 4.79. The van der Waals surface area contributed by atoms with E-state index in [0.717, 1.165) is 36.8 Å². The smallest absolute Gasteiger partial charge is 0.264 e. The Labute approximate surface area is 152 Å². The molecule has 0 unspecified atom stereocenters. The van der Waals surface area contributed by atoms with Gasteiger partial charge in [0.25, 0.3) is 5.91 Å². The summed E-state index contributed by atoms with van der Waals surface area (Å²) in [6.07, 6.45) is 6.37. The zero-order valence-electron chi connectivity index (χ0n) is 15.0. The van der Waals surface area contributed by atoms with Crippen molar-refractivity contribution in [3.63, 3.8) is 0 Å². The second-order valence-electron chi connectivity index (χ2n) is 7.25. The van der Waals surface area contributed by atoms with Crippen LogP contribution in [0.3, 0.4) is 0 Å². The Kier molecular flexibility index (Phi) is 5.09. The van der Waals surface area contributed by atoms with E-state index in [0.29, 0.717) is 5.58 Å². The van der Waals surface area contributed by atoms with Crippen molar-refractivity contribution in [2.24, 2.45) is 0 Å². The molecular formula is C18H24N2O5S. The molecular weight excluding hydrogens is 356 g/mol. The van der Waals surface area contributed by atoms with Crippen LogP contribution in [0.2, 0.25) is 0 Å². The van der Waals surface area contributed by atoms with Gasteiger partial charge in [-0.25, -0.2) is 13.9 Å².